The molecule has 0 bridgehead atoms. The molecule has 186 valence electrons. The van der Waals surface area contributed by atoms with Gasteiger partial charge in [-0.2, -0.15) is 13.2 Å². The van der Waals surface area contributed by atoms with Crippen molar-refractivity contribution in [1.82, 2.24) is 20.1 Å². The van der Waals surface area contributed by atoms with Crippen LogP contribution < -0.4 is 5.32 Å². The molecule has 3 N–H and O–H groups in total. The Bertz CT molecular complexity index is 1230. The largest absolute Gasteiger partial charge is 0.507 e. The summed E-state index contributed by atoms with van der Waals surface area (Å²) in [5.74, 6) is -0.00217. The van der Waals surface area contributed by atoms with E-state index in [2.05, 4.69) is 25.4 Å². The molecule has 1 saturated carbocycles. The molecule has 35 heavy (non-hydrogen) atoms. The summed E-state index contributed by atoms with van der Waals surface area (Å²) in [4.78, 5) is 6.88. The summed E-state index contributed by atoms with van der Waals surface area (Å²) in [5.41, 5.74) is -0.217. The van der Waals surface area contributed by atoms with Gasteiger partial charge in [-0.05, 0) is 75.9 Å². The van der Waals surface area contributed by atoms with Crippen LogP contribution in [0.3, 0.4) is 0 Å². The summed E-state index contributed by atoms with van der Waals surface area (Å²) < 4.78 is 39.5. The summed E-state index contributed by atoms with van der Waals surface area (Å²) in [6, 6.07) is 5.72. The Morgan fingerprint density at radius 1 is 1.20 bits per heavy atom. The van der Waals surface area contributed by atoms with Gasteiger partial charge < -0.3 is 15.5 Å². The summed E-state index contributed by atoms with van der Waals surface area (Å²) >= 11 is 0. The molecule has 1 aliphatic carbocycles. The zero-order valence-corrected chi connectivity index (χ0v) is 19.6. The number of aliphatic hydroxyl groups is 1. The first-order valence-corrected chi connectivity index (χ1v) is 11.8. The molecule has 2 aromatic heterocycles. The number of aromatic hydroxyl groups is 1. The number of rotatable bonds is 4. The number of aromatic nitrogens is 3. The van der Waals surface area contributed by atoms with Gasteiger partial charge in [0.25, 0.3) is 0 Å². The van der Waals surface area contributed by atoms with Gasteiger partial charge in [0, 0.05) is 35.8 Å². The molecule has 2 aliphatic rings. The molecule has 1 aromatic carbocycles. The summed E-state index contributed by atoms with van der Waals surface area (Å²) in [6.07, 6.45) is 0.584. The lowest BCUT2D eigenvalue weighted by molar-refractivity contribution is -0.137. The van der Waals surface area contributed by atoms with Crippen LogP contribution in [0.1, 0.15) is 43.7 Å². The minimum absolute atomic E-state index is 0.126. The number of hydrogen-bond donors (Lipinski definition) is 3. The fourth-order valence-corrected chi connectivity index (χ4v) is 5.37. The van der Waals surface area contributed by atoms with Crippen molar-refractivity contribution in [3.05, 3.63) is 41.6 Å². The van der Waals surface area contributed by atoms with Crippen LogP contribution in [0.4, 0.5) is 19.0 Å². The number of halogens is 3. The molecule has 1 aliphatic heterocycles. The van der Waals surface area contributed by atoms with Crippen molar-refractivity contribution in [3.8, 4) is 17.0 Å². The highest BCUT2D eigenvalue weighted by Crippen LogP contribution is 2.41. The van der Waals surface area contributed by atoms with Crippen molar-refractivity contribution in [3.63, 3.8) is 0 Å². The van der Waals surface area contributed by atoms with Crippen molar-refractivity contribution in [2.24, 2.45) is 0 Å². The van der Waals surface area contributed by atoms with E-state index in [1.807, 2.05) is 6.92 Å². The van der Waals surface area contributed by atoms with Crippen LogP contribution in [-0.2, 0) is 6.18 Å². The number of hydrogen-bond acceptors (Lipinski definition) is 7. The Balaban J connectivity index is 1.44. The quantitative estimate of drug-likeness (QED) is 0.498. The number of piperidine rings is 1. The number of aryl methyl sites for hydroxylation is 1. The van der Waals surface area contributed by atoms with Gasteiger partial charge in [-0.15, -0.1) is 10.2 Å². The Kier molecular flexibility index (Phi) is 5.83. The van der Waals surface area contributed by atoms with Gasteiger partial charge in [-0.25, -0.2) is 0 Å². The van der Waals surface area contributed by atoms with Crippen LogP contribution in [0.15, 0.2) is 30.5 Å². The molecule has 3 aromatic rings. The van der Waals surface area contributed by atoms with Crippen molar-refractivity contribution in [2.45, 2.75) is 63.4 Å². The first-order valence-electron chi connectivity index (χ1n) is 11.8. The second kappa shape index (κ2) is 8.60. The van der Waals surface area contributed by atoms with E-state index in [-0.39, 0.29) is 22.9 Å². The van der Waals surface area contributed by atoms with E-state index >= 15 is 0 Å². The lowest BCUT2D eigenvalue weighted by atomic mass is 9.76. The zero-order chi connectivity index (χ0) is 25.0. The number of fused-ring (bicyclic) bond motifs is 1. The van der Waals surface area contributed by atoms with Crippen molar-refractivity contribution in [2.75, 3.05) is 18.4 Å². The van der Waals surface area contributed by atoms with Gasteiger partial charge in [0.15, 0.2) is 5.82 Å². The van der Waals surface area contributed by atoms with Gasteiger partial charge >= 0.3 is 6.18 Å². The van der Waals surface area contributed by atoms with Crippen LogP contribution in [0.2, 0.25) is 0 Å². The molecule has 1 atom stereocenters. The third-order valence-electron chi connectivity index (χ3n) is 7.08. The summed E-state index contributed by atoms with van der Waals surface area (Å²) in [7, 11) is 0. The van der Waals surface area contributed by atoms with Crippen LogP contribution in [0.25, 0.3) is 22.2 Å². The number of likely N-dealkylation sites (tertiary alicyclic amines) is 1. The van der Waals surface area contributed by atoms with Gasteiger partial charge in [0.2, 0.25) is 0 Å². The normalized spacial score (nSPS) is 25.4. The van der Waals surface area contributed by atoms with Gasteiger partial charge in [-0.3, -0.25) is 9.88 Å². The highest BCUT2D eigenvalue weighted by Gasteiger charge is 2.42. The maximum absolute atomic E-state index is 13.2. The van der Waals surface area contributed by atoms with Crippen molar-refractivity contribution < 1.29 is 23.4 Å². The van der Waals surface area contributed by atoms with E-state index in [1.165, 1.54) is 6.92 Å². The average molecular weight is 488 g/mol. The maximum atomic E-state index is 13.2. The number of pyridine rings is 1. The van der Waals surface area contributed by atoms with Crippen LogP contribution >= 0.6 is 0 Å². The van der Waals surface area contributed by atoms with Crippen LogP contribution in [-0.4, -0.2) is 61.1 Å². The van der Waals surface area contributed by atoms with Gasteiger partial charge in [0.05, 0.1) is 11.2 Å². The highest BCUT2D eigenvalue weighted by molar-refractivity contribution is 5.99. The Morgan fingerprint density at radius 3 is 2.66 bits per heavy atom. The minimum atomic E-state index is -4.56. The molecule has 1 saturated heterocycles. The van der Waals surface area contributed by atoms with Crippen molar-refractivity contribution >= 4 is 16.7 Å². The fraction of sp³-hybridized carbons (Fsp3) is 0.480. The number of nitrogens with zero attached hydrogens (tertiary/aromatic N) is 4. The predicted molar refractivity (Wildman–Crippen MR) is 126 cm³/mol. The average Bonchev–Trinajstić information content (AvgIpc) is 2.78. The number of nitrogens with one attached hydrogen (secondary N) is 1. The second-order valence-electron chi connectivity index (χ2n) is 10.0. The number of anilines is 1. The molecule has 0 radical (unpaired) electrons. The minimum Gasteiger partial charge on any atom is -0.507 e. The molecule has 3 heterocycles. The van der Waals surface area contributed by atoms with E-state index in [1.54, 1.807) is 18.3 Å². The molecule has 0 spiro atoms. The predicted octanol–water partition coefficient (Wildman–Crippen LogP) is 4.51. The van der Waals surface area contributed by atoms with Crippen molar-refractivity contribution in [1.29, 1.82) is 0 Å². The molecule has 1 unspecified atom stereocenters. The third-order valence-corrected chi connectivity index (χ3v) is 7.08. The number of benzene rings is 1. The summed E-state index contributed by atoms with van der Waals surface area (Å²) in [6.45, 7) is 5.19. The van der Waals surface area contributed by atoms with E-state index in [0.29, 0.717) is 28.8 Å². The Labute approximate surface area is 201 Å². The number of phenolic OH excluding ortho intramolecular Hbond substituents is 1. The first-order chi connectivity index (χ1) is 16.5. The van der Waals surface area contributed by atoms with E-state index < -0.39 is 23.1 Å². The first kappa shape index (κ1) is 23.7. The molecular weight excluding hydrogens is 459 g/mol. The molecule has 2 fully saturated rings. The molecule has 5 rings (SSSR count). The lowest BCUT2D eigenvalue weighted by Gasteiger charge is -2.49. The van der Waals surface area contributed by atoms with Gasteiger partial charge in [0.1, 0.15) is 17.0 Å². The topological polar surface area (TPSA) is 94.4 Å². The molecule has 10 heteroatoms. The molecular formula is C25H28F3N5O2. The van der Waals surface area contributed by atoms with Crippen LogP contribution in [0.5, 0.6) is 5.75 Å². The van der Waals surface area contributed by atoms with E-state index in [0.717, 1.165) is 44.8 Å². The maximum Gasteiger partial charge on any atom is 0.416 e. The monoisotopic (exact) mass is 487 g/mol. The molecule has 7 nitrogen and oxygen atoms in total. The van der Waals surface area contributed by atoms with E-state index in [4.69, 9.17) is 0 Å². The second-order valence-corrected chi connectivity index (χ2v) is 10.0. The lowest BCUT2D eigenvalue weighted by Crippen LogP contribution is -2.57. The standard InChI is InChI=1S/C25H28F3N5O2/c1-14-9-15(25(26,27)28)10-19(34)20(14)21-18-6-3-7-29-22(18)23(32-31-21)30-16-5-4-8-33(13-16)17-11-24(2,35)12-17/h3,6-7,9-10,16-17,34-35H,4-5,8,11-13H2,1-2H3,(H,30,32). The smallest absolute Gasteiger partial charge is 0.416 e. The number of alkyl halides is 3. The highest BCUT2D eigenvalue weighted by atomic mass is 19.4. The van der Waals surface area contributed by atoms with Crippen LogP contribution in [0, 0.1) is 6.92 Å². The van der Waals surface area contributed by atoms with E-state index in [9.17, 15) is 23.4 Å². The Hall–Kier alpha value is -2.98. The third kappa shape index (κ3) is 4.64. The summed E-state index contributed by atoms with van der Waals surface area (Å²) in [5, 5.41) is 33.3. The van der Waals surface area contributed by atoms with Gasteiger partial charge in [-0.1, -0.05) is 0 Å². The zero-order valence-electron chi connectivity index (χ0n) is 19.6. The molecule has 0 amide bonds. The number of phenols is 1. The SMILES string of the molecule is Cc1cc(C(F)(F)F)cc(O)c1-c1nnc(NC2CCCN(C3CC(C)(O)C3)C2)c2ncccc12. The Morgan fingerprint density at radius 2 is 1.97 bits per heavy atom. The fourth-order valence-electron chi connectivity index (χ4n) is 5.37.